The Morgan fingerprint density at radius 3 is 2.33 bits per heavy atom. The van der Waals surface area contributed by atoms with Crippen molar-refractivity contribution in [2.24, 2.45) is 0 Å². The van der Waals surface area contributed by atoms with Gasteiger partial charge >= 0.3 is 0 Å². The molecule has 0 aliphatic rings. The average molecular weight is 392 g/mol. The van der Waals surface area contributed by atoms with Crippen LogP contribution in [0.2, 0.25) is 0 Å². The van der Waals surface area contributed by atoms with Crippen LogP contribution in [-0.4, -0.2) is 45.7 Å². The van der Waals surface area contributed by atoms with E-state index in [2.05, 4.69) is 5.32 Å². The topological polar surface area (TPSA) is 84.9 Å². The fourth-order valence-electron chi connectivity index (χ4n) is 2.54. The zero-order chi connectivity index (χ0) is 20.0. The highest BCUT2D eigenvalue weighted by Crippen LogP contribution is 2.29. The Morgan fingerprint density at radius 1 is 1.07 bits per heavy atom. The highest BCUT2D eigenvalue weighted by molar-refractivity contribution is 7.88. The van der Waals surface area contributed by atoms with Crippen LogP contribution in [0.25, 0.3) is 0 Å². The maximum Gasteiger partial charge on any atom is 0.239 e. The van der Waals surface area contributed by atoms with Gasteiger partial charge in [-0.25, -0.2) is 8.42 Å². The van der Waals surface area contributed by atoms with Crippen LogP contribution in [0.15, 0.2) is 42.5 Å². The Hall–Kier alpha value is -2.58. The number of methoxy groups -OCH3 is 2. The second kappa shape index (κ2) is 8.88. The van der Waals surface area contributed by atoms with Crippen LogP contribution in [-0.2, 0) is 21.4 Å². The van der Waals surface area contributed by atoms with Crippen molar-refractivity contribution in [3.8, 4) is 11.5 Å². The van der Waals surface area contributed by atoms with Gasteiger partial charge in [-0.3, -0.25) is 4.79 Å². The van der Waals surface area contributed by atoms with Crippen LogP contribution >= 0.6 is 0 Å². The maximum atomic E-state index is 12.4. The van der Waals surface area contributed by atoms with Gasteiger partial charge in [0.15, 0.2) is 11.5 Å². The Bertz CT molecular complexity index is 912. The first-order valence-electron chi connectivity index (χ1n) is 8.26. The first-order valence-corrected chi connectivity index (χ1v) is 10.1. The first kappa shape index (κ1) is 20.7. The molecule has 1 N–H and O–H groups in total. The Balaban J connectivity index is 2.14. The zero-order valence-corrected chi connectivity index (χ0v) is 16.7. The number of benzene rings is 2. The van der Waals surface area contributed by atoms with Gasteiger partial charge in [-0.2, -0.15) is 4.31 Å². The standard InChI is InChI=1S/C19H24N2O5S/c1-14-7-5-6-8-15(14)12-21(27(4,23)24)13-19(22)20-16-9-10-17(25-2)18(11-16)26-3/h5-11H,12-13H2,1-4H3,(H,20,22). The molecule has 2 rings (SSSR count). The van der Waals surface area contributed by atoms with E-state index in [1.54, 1.807) is 18.2 Å². The molecule has 0 spiro atoms. The van der Waals surface area contributed by atoms with E-state index in [4.69, 9.17) is 9.47 Å². The van der Waals surface area contributed by atoms with Crippen molar-refractivity contribution in [3.63, 3.8) is 0 Å². The van der Waals surface area contributed by atoms with E-state index in [9.17, 15) is 13.2 Å². The van der Waals surface area contributed by atoms with Gasteiger partial charge in [-0.05, 0) is 30.2 Å². The van der Waals surface area contributed by atoms with Gasteiger partial charge in [0, 0.05) is 18.3 Å². The quantitative estimate of drug-likeness (QED) is 0.746. The lowest BCUT2D eigenvalue weighted by atomic mass is 10.1. The maximum absolute atomic E-state index is 12.4. The smallest absolute Gasteiger partial charge is 0.239 e. The van der Waals surface area contributed by atoms with Crippen LogP contribution < -0.4 is 14.8 Å². The molecule has 8 heteroatoms. The molecule has 0 saturated carbocycles. The lowest BCUT2D eigenvalue weighted by Crippen LogP contribution is -2.37. The van der Waals surface area contributed by atoms with E-state index in [1.807, 2.05) is 31.2 Å². The third-order valence-corrected chi connectivity index (χ3v) is 5.26. The molecule has 1 amide bonds. The molecule has 0 aliphatic heterocycles. The van der Waals surface area contributed by atoms with Gasteiger partial charge in [0.1, 0.15) is 0 Å². The Kier molecular flexibility index (Phi) is 6.81. The number of carbonyl (C=O) groups excluding carboxylic acids is 1. The van der Waals surface area contributed by atoms with Gasteiger partial charge in [0.25, 0.3) is 0 Å². The van der Waals surface area contributed by atoms with Crippen LogP contribution in [0.5, 0.6) is 11.5 Å². The summed E-state index contributed by atoms with van der Waals surface area (Å²) in [6.45, 7) is 1.74. The van der Waals surface area contributed by atoms with E-state index < -0.39 is 15.9 Å². The summed E-state index contributed by atoms with van der Waals surface area (Å²) in [5.41, 5.74) is 2.30. The minimum absolute atomic E-state index is 0.130. The summed E-state index contributed by atoms with van der Waals surface area (Å²) in [5, 5.41) is 2.69. The summed E-state index contributed by atoms with van der Waals surface area (Å²) in [6.07, 6.45) is 1.09. The van der Waals surface area contributed by atoms with Crippen molar-refractivity contribution in [1.29, 1.82) is 0 Å². The van der Waals surface area contributed by atoms with E-state index >= 15 is 0 Å². The second-order valence-electron chi connectivity index (χ2n) is 6.08. The van der Waals surface area contributed by atoms with Crippen LogP contribution in [0, 0.1) is 6.92 Å². The van der Waals surface area contributed by atoms with Crippen LogP contribution in [0.4, 0.5) is 5.69 Å². The number of nitrogens with one attached hydrogen (secondary N) is 1. The van der Waals surface area contributed by atoms with E-state index in [0.717, 1.165) is 21.7 Å². The summed E-state index contributed by atoms with van der Waals surface area (Å²) >= 11 is 0. The Labute approximate surface area is 160 Å². The van der Waals surface area contributed by atoms with Gasteiger partial charge < -0.3 is 14.8 Å². The number of hydrogen-bond donors (Lipinski definition) is 1. The normalized spacial score (nSPS) is 11.3. The number of nitrogens with zero attached hydrogens (tertiary/aromatic N) is 1. The minimum Gasteiger partial charge on any atom is -0.493 e. The predicted molar refractivity (Wildman–Crippen MR) is 105 cm³/mol. The Morgan fingerprint density at radius 2 is 1.74 bits per heavy atom. The fourth-order valence-corrected chi connectivity index (χ4v) is 3.27. The number of amides is 1. The SMILES string of the molecule is COc1ccc(NC(=O)CN(Cc2ccccc2C)S(C)(=O)=O)cc1OC. The molecule has 0 heterocycles. The van der Waals surface area contributed by atoms with E-state index in [-0.39, 0.29) is 13.1 Å². The van der Waals surface area contributed by atoms with E-state index in [1.165, 1.54) is 14.2 Å². The molecule has 0 bridgehead atoms. The molecule has 0 aliphatic carbocycles. The van der Waals surface area contributed by atoms with Crippen molar-refractivity contribution in [2.75, 3.05) is 32.3 Å². The number of sulfonamides is 1. The number of hydrogen-bond acceptors (Lipinski definition) is 5. The largest absolute Gasteiger partial charge is 0.493 e. The van der Waals surface area contributed by atoms with Gasteiger partial charge in [-0.1, -0.05) is 24.3 Å². The zero-order valence-electron chi connectivity index (χ0n) is 15.9. The second-order valence-corrected chi connectivity index (χ2v) is 8.06. The van der Waals surface area contributed by atoms with Crippen LogP contribution in [0.1, 0.15) is 11.1 Å². The lowest BCUT2D eigenvalue weighted by Gasteiger charge is -2.20. The number of anilines is 1. The lowest BCUT2D eigenvalue weighted by molar-refractivity contribution is -0.116. The number of carbonyl (C=O) groups is 1. The molecule has 7 nitrogen and oxygen atoms in total. The van der Waals surface area contributed by atoms with E-state index in [0.29, 0.717) is 17.2 Å². The summed E-state index contributed by atoms with van der Waals surface area (Å²) in [4.78, 5) is 12.4. The number of aryl methyl sites for hydroxylation is 1. The summed E-state index contributed by atoms with van der Waals surface area (Å²) < 4.78 is 35.8. The van der Waals surface area contributed by atoms with Crippen LogP contribution in [0.3, 0.4) is 0 Å². The highest BCUT2D eigenvalue weighted by Gasteiger charge is 2.21. The molecule has 146 valence electrons. The highest BCUT2D eigenvalue weighted by atomic mass is 32.2. The predicted octanol–water partition coefficient (Wildman–Crippen LogP) is 2.41. The average Bonchev–Trinajstić information content (AvgIpc) is 2.62. The summed E-state index contributed by atoms with van der Waals surface area (Å²) in [7, 11) is -0.546. The molecule has 2 aromatic rings. The molecule has 27 heavy (non-hydrogen) atoms. The molecule has 0 atom stereocenters. The van der Waals surface area contributed by atoms with Crippen molar-refractivity contribution >= 4 is 21.6 Å². The molecular formula is C19H24N2O5S. The monoisotopic (exact) mass is 392 g/mol. The van der Waals surface area contributed by atoms with Crippen molar-refractivity contribution < 1.29 is 22.7 Å². The summed E-state index contributed by atoms with van der Waals surface area (Å²) in [6, 6.07) is 12.4. The molecule has 0 radical (unpaired) electrons. The molecule has 0 fully saturated rings. The molecule has 0 aromatic heterocycles. The minimum atomic E-state index is -3.56. The molecule has 2 aromatic carbocycles. The number of rotatable bonds is 8. The molecule has 0 saturated heterocycles. The van der Waals surface area contributed by atoms with Crippen molar-refractivity contribution in [2.45, 2.75) is 13.5 Å². The van der Waals surface area contributed by atoms with Gasteiger partial charge in [0.05, 0.1) is 27.0 Å². The molecule has 0 unspecified atom stereocenters. The summed E-state index contributed by atoms with van der Waals surface area (Å²) in [5.74, 6) is 0.559. The first-order chi connectivity index (χ1) is 12.7. The fraction of sp³-hybridized carbons (Fsp3) is 0.316. The third kappa shape index (κ3) is 5.70. The van der Waals surface area contributed by atoms with Gasteiger partial charge in [-0.15, -0.1) is 0 Å². The van der Waals surface area contributed by atoms with Gasteiger partial charge in [0.2, 0.25) is 15.9 Å². The number of ether oxygens (including phenoxy) is 2. The molecular weight excluding hydrogens is 368 g/mol. The van der Waals surface area contributed by atoms with Crippen molar-refractivity contribution in [3.05, 3.63) is 53.6 Å². The van der Waals surface area contributed by atoms with Crippen molar-refractivity contribution in [1.82, 2.24) is 4.31 Å². The third-order valence-electron chi connectivity index (χ3n) is 4.06.